The number of hydrogen-bond acceptors (Lipinski definition) is 4. The number of benzene rings is 2. The van der Waals surface area contributed by atoms with Gasteiger partial charge in [-0.1, -0.05) is 24.3 Å². The van der Waals surface area contributed by atoms with E-state index < -0.39 is 0 Å². The minimum absolute atomic E-state index is 0.00808. The van der Waals surface area contributed by atoms with Crippen molar-refractivity contribution in [3.8, 4) is 11.1 Å². The van der Waals surface area contributed by atoms with Crippen LogP contribution in [0.3, 0.4) is 0 Å². The van der Waals surface area contributed by atoms with E-state index in [0.717, 1.165) is 28.5 Å². The van der Waals surface area contributed by atoms with Crippen molar-refractivity contribution in [3.63, 3.8) is 0 Å². The fourth-order valence-electron chi connectivity index (χ4n) is 4.07. The molecule has 0 N–H and O–H groups in total. The molecule has 2 fully saturated rings. The largest absolute Gasteiger partial charge is 0.368 e. The molecule has 2 saturated heterocycles. The van der Waals surface area contributed by atoms with E-state index in [1.54, 1.807) is 0 Å². The molecule has 0 aliphatic carbocycles. The van der Waals surface area contributed by atoms with E-state index in [0.29, 0.717) is 38.3 Å². The monoisotopic (exact) mass is 404 g/mol. The highest BCUT2D eigenvalue weighted by molar-refractivity contribution is 5.95. The summed E-state index contributed by atoms with van der Waals surface area (Å²) in [5.74, 6) is 0.0660. The molecule has 2 aromatic carbocycles. The van der Waals surface area contributed by atoms with Crippen LogP contribution in [-0.2, 0) is 16.6 Å². The van der Waals surface area contributed by atoms with Crippen LogP contribution in [-0.4, -0.2) is 70.3 Å². The molecule has 0 spiro atoms. The maximum absolute atomic E-state index is 12.9. The molecule has 5 rings (SSSR count). The molecule has 0 saturated carbocycles. The fourth-order valence-corrected chi connectivity index (χ4v) is 4.07. The smallest absolute Gasteiger partial charge is 0.253 e. The Bertz CT molecular complexity index is 1090. The molecule has 1 atom stereocenters. The van der Waals surface area contributed by atoms with Crippen LogP contribution >= 0.6 is 0 Å². The molecule has 7 nitrogen and oxygen atoms in total. The lowest BCUT2D eigenvalue weighted by molar-refractivity contribution is -0.157. The zero-order chi connectivity index (χ0) is 20.7. The van der Waals surface area contributed by atoms with Gasteiger partial charge < -0.3 is 14.5 Å². The minimum Gasteiger partial charge on any atom is -0.368 e. The molecule has 0 radical (unpaired) electrons. The van der Waals surface area contributed by atoms with Crippen molar-refractivity contribution in [2.24, 2.45) is 7.05 Å². The summed E-state index contributed by atoms with van der Waals surface area (Å²) in [5, 5.41) is 5.57. The van der Waals surface area contributed by atoms with Crippen LogP contribution < -0.4 is 0 Å². The summed E-state index contributed by atoms with van der Waals surface area (Å²) in [7, 11) is 1.91. The number of rotatable bonds is 3. The van der Waals surface area contributed by atoms with Gasteiger partial charge in [0.05, 0.1) is 12.1 Å². The third kappa shape index (κ3) is 3.45. The second kappa shape index (κ2) is 7.57. The summed E-state index contributed by atoms with van der Waals surface area (Å²) in [6.45, 7) is 2.89. The SMILES string of the molecule is Cn1cc2ccc(-c3ccc(C(=O)N4CCN(C(=O)C5CCO5)CC4)cc3)cc2n1. The van der Waals surface area contributed by atoms with E-state index in [-0.39, 0.29) is 17.9 Å². The summed E-state index contributed by atoms with van der Waals surface area (Å²) < 4.78 is 7.09. The predicted octanol–water partition coefficient (Wildman–Crippen LogP) is 2.31. The lowest BCUT2D eigenvalue weighted by atomic mass is 10.0. The minimum atomic E-state index is -0.273. The zero-order valence-electron chi connectivity index (χ0n) is 17.0. The van der Waals surface area contributed by atoms with E-state index in [1.165, 1.54) is 0 Å². The number of hydrogen-bond donors (Lipinski definition) is 0. The summed E-state index contributed by atoms with van der Waals surface area (Å²) in [6.07, 6.45) is 2.52. The third-order valence-corrected chi connectivity index (χ3v) is 5.94. The van der Waals surface area contributed by atoms with Gasteiger partial charge in [-0.05, 0) is 29.3 Å². The fraction of sp³-hybridized carbons (Fsp3) is 0.348. The van der Waals surface area contributed by atoms with Gasteiger partial charge in [-0.2, -0.15) is 5.10 Å². The van der Waals surface area contributed by atoms with E-state index in [1.807, 2.05) is 52.0 Å². The van der Waals surface area contributed by atoms with Gasteiger partial charge in [0.25, 0.3) is 11.8 Å². The molecule has 1 aromatic heterocycles. The number of amides is 2. The summed E-state index contributed by atoms with van der Waals surface area (Å²) >= 11 is 0. The average molecular weight is 404 g/mol. The molecule has 30 heavy (non-hydrogen) atoms. The Morgan fingerprint density at radius 1 is 0.967 bits per heavy atom. The molecular formula is C23H24N4O3. The van der Waals surface area contributed by atoms with Crippen molar-refractivity contribution in [1.29, 1.82) is 0 Å². The Kier molecular flexibility index (Phi) is 4.75. The lowest BCUT2D eigenvalue weighted by Crippen LogP contribution is -2.54. The van der Waals surface area contributed by atoms with E-state index in [4.69, 9.17) is 4.74 Å². The molecule has 3 aromatic rings. The van der Waals surface area contributed by atoms with Crippen LogP contribution in [0.1, 0.15) is 16.8 Å². The number of nitrogens with zero attached hydrogens (tertiary/aromatic N) is 4. The standard InChI is InChI=1S/C23H24N4O3/c1-25-15-19-7-6-18(14-20(19)24-25)16-2-4-17(5-3-16)22(28)26-9-11-27(12-10-26)23(29)21-8-13-30-21/h2-7,14-15,21H,8-13H2,1H3. The Morgan fingerprint density at radius 3 is 2.30 bits per heavy atom. The summed E-state index contributed by atoms with van der Waals surface area (Å²) in [4.78, 5) is 28.8. The van der Waals surface area contributed by atoms with Crippen molar-refractivity contribution >= 4 is 22.7 Å². The zero-order valence-corrected chi connectivity index (χ0v) is 17.0. The molecule has 0 bridgehead atoms. The topological polar surface area (TPSA) is 67.7 Å². The predicted molar refractivity (Wildman–Crippen MR) is 113 cm³/mol. The number of aromatic nitrogens is 2. The normalized spacial score (nSPS) is 19.0. The van der Waals surface area contributed by atoms with Crippen LogP contribution in [0, 0.1) is 0 Å². The number of carbonyl (C=O) groups excluding carboxylic acids is 2. The van der Waals surface area contributed by atoms with Gasteiger partial charge in [0.2, 0.25) is 0 Å². The van der Waals surface area contributed by atoms with Crippen molar-refractivity contribution in [3.05, 3.63) is 54.2 Å². The highest BCUT2D eigenvalue weighted by Crippen LogP contribution is 2.24. The van der Waals surface area contributed by atoms with Crippen LogP contribution in [0.4, 0.5) is 0 Å². The van der Waals surface area contributed by atoms with Gasteiger partial charge in [0, 0.05) is 56.8 Å². The maximum atomic E-state index is 12.9. The highest BCUT2D eigenvalue weighted by Gasteiger charge is 2.33. The van der Waals surface area contributed by atoms with Crippen molar-refractivity contribution in [1.82, 2.24) is 19.6 Å². The quantitative estimate of drug-likeness (QED) is 0.672. The van der Waals surface area contributed by atoms with Gasteiger partial charge >= 0.3 is 0 Å². The molecule has 2 amide bonds. The molecule has 154 valence electrons. The number of carbonyl (C=O) groups is 2. The van der Waals surface area contributed by atoms with E-state index in [9.17, 15) is 9.59 Å². The Hall–Kier alpha value is -3.19. The molecule has 1 unspecified atom stereocenters. The molecule has 3 heterocycles. The second-order valence-corrected chi connectivity index (χ2v) is 7.92. The van der Waals surface area contributed by atoms with Gasteiger partial charge in [-0.25, -0.2) is 0 Å². The van der Waals surface area contributed by atoms with Crippen LogP contribution in [0.5, 0.6) is 0 Å². The van der Waals surface area contributed by atoms with Crippen LogP contribution in [0.15, 0.2) is 48.7 Å². The molecule has 2 aliphatic heterocycles. The third-order valence-electron chi connectivity index (χ3n) is 5.94. The Morgan fingerprint density at radius 2 is 1.63 bits per heavy atom. The Balaban J connectivity index is 1.24. The van der Waals surface area contributed by atoms with Crippen molar-refractivity contribution in [2.45, 2.75) is 12.5 Å². The van der Waals surface area contributed by atoms with Gasteiger partial charge in [-0.15, -0.1) is 0 Å². The number of fused-ring (bicyclic) bond motifs is 1. The first-order valence-corrected chi connectivity index (χ1v) is 10.3. The first-order chi connectivity index (χ1) is 14.6. The number of ether oxygens (including phenoxy) is 1. The van der Waals surface area contributed by atoms with Crippen molar-refractivity contribution in [2.75, 3.05) is 32.8 Å². The lowest BCUT2D eigenvalue weighted by Gasteiger charge is -2.38. The first-order valence-electron chi connectivity index (χ1n) is 10.3. The van der Waals surface area contributed by atoms with Gasteiger partial charge in [-0.3, -0.25) is 14.3 Å². The first kappa shape index (κ1) is 18.8. The Labute approximate surface area is 174 Å². The second-order valence-electron chi connectivity index (χ2n) is 7.92. The maximum Gasteiger partial charge on any atom is 0.253 e. The number of aryl methyl sites for hydroxylation is 1. The van der Waals surface area contributed by atoms with Crippen LogP contribution in [0.2, 0.25) is 0 Å². The average Bonchev–Trinajstić information content (AvgIpc) is 3.11. The van der Waals surface area contributed by atoms with E-state index in [2.05, 4.69) is 23.3 Å². The summed E-state index contributed by atoms with van der Waals surface area (Å²) in [5.41, 5.74) is 3.75. The molecule has 2 aliphatic rings. The van der Waals surface area contributed by atoms with Gasteiger partial charge in [0.15, 0.2) is 0 Å². The summed E-state index contributed by atoms with van der Waals surface area (Å²) in [6, 6.07) is 13.9. The highest BCUT2D eigenvalue weighted by atomic mass is 16.5. The molecule has 7 heteroatoms. The van der Waals surface area contributed by atoms with E-state index >= 15 is 0 Å². The van der Waals surface area contributed by atoms with Crippen LogP contribution in [0.25, 0.3) is 22.0 Å². The van der Waals surface area contributed by atoms with Gasteiger partial charge in [0.1, 0.15) is 6.10 Å². The van der Waals surface area contributed by atoms with Crippen molar-refractivity contribution < 1.29 is 14.3 Å². The number of piperazine rings is 1. The molecular weight excluding hydrogens is 380 g/mol.